The van der Waals surface area contributed by atoms with Crippen molar-refractivity contribution in [3.8, 4) is 0 Å². The molecule has 0 aliphatic carbocycles. The van der Waals surface area contributed by atoms with Crippen molar-refractivity contribution in [3.05, 3.63) is 29.6 Å². The molecule has 18 heavy (non-hydrogen) atoms. The van der Waals surface area contributed by atoms with Crippen LogP contribution in [0, 0.1) is 12.7 Å². The van der Waals surface area contributed by atoms with E-state index >= 15 is 0 Å². The number of halogens is 1. The Morgan fingerprint density at radius 1 is 1.33 bits per heavy atom. The van der Waals surface area contributed by atoms with Crippen LogP contribution in [-0.2, 0) is 10.0 Å². The summed E-state index contributed by atoms with van der Waals surface area (Å²) in [7, 11) is -3.73. The summed E-state index contributed by atoms with van der Waals surface area (Å²) in [5.74, 6) is -0.545. The van der Waals surface area contributed by atoms with Gasteiger partial charge in [0, 0.05) is 13.1 Å². The molecule has 4 nitrogen and oxygen atoms in total. The van der Waals surface area contributed by atoms with Crippen molar-refractivity contribution < 1.29 is 17.9 Å². The van der Waals surface area contributed by atoms with E-state index in [1.54, 1.807) is 6.92 Å². The lowest BCUT2D eigenvalue weighted by atomic mass is 10.2. The Bertz CT molecular complexity index is 496. The van der Waals surface area contributed by atoms with Crippen molar-refractivity contribution in [2.75, 3.05) is 19.7 Å². The fraction of sp³-hybridized carbons (Fsp3) is 0.500. The Kier molecular flexibility index (Phi) is 5.25. The number of aryl methyl sites for hydroxylation is 1. The number of aliphatic hydroxyl groups is 1. The highest BCUT2D eigenvalue weighted by molar-refractivity contribution is 7.89. The molecule has 0 unspecified atom stereocenters. The van der Waals surface area contributed by atoms with Gasteiger partial charge in [0.15, 0.2) is 0 Å². The van der Waals surface area contributed by atoms with Gasteiger partial charge in [-0.1, -0.05) is 13.0 Å². The molecular formula is C12H18FNO3S. The van der Waals surface area contributed by atoms with Gasteiger partial charge in [-0.05, 0) is 31.0 Å². The highest BCUT2D eigenvalue weighted by atomic mass is 32.2. The van der Waals surface area contributed by atoms with Gasteiger partial charge in [-0.3, -0.25) is 0 Å². The molecule has 1 N–H and O–H groups in total. The Balaban J connectivity index is 3.13. The largest absolute Gasteiger partial charge is 0.395 e. The number of benzene rings is 1. The van der Waals surface area contributed by atoms with E-state index in [2.05, 4.69) is 0 Å². The first kappa shape index (κ1) is 15.1. The minimum absolute atomic E-state index is 0.0195. The molecule has 0 aliphatic rings. The second-order valence-electron chi connectivity index (χ2n) is 4.04. The van der Waals surface area contributed by atoms with Crippen LogP contribution in [0.3, 0.4) is 0 Å². The van der Waals surface area contributed by atoms with Gasteiger partial charge in [-0.2, -0.15) is 4.31 Å². The van der Waals surface area contributed by atoms with E-state index in [4.69, 9.17) is 5.11 Å². The van der Waals surface area contributed by atoms with Crippen LogP contribution >= 0.6 is 0 Å². The van der Waals surface area contributed by atoms with Crippen molar-refractivity contribution in [3.63, 3.8) is 0 Å². The van der Waals surface area contributed by atoms with E-state index < -0.39 is 15.8 Å². The first-order valence-corrected chi connectivity index (χ1v) is 7.24. The summed E-state index contributed by atoms with van der Waals surface area (Å²) in [6.45, 7) is 3.48. The molecule has 102 valence electrons. The van der Waals surface area contributed by atoms with Gasteiger partial charge in [0.25, 0.3) is 0 Å². The zero-order chi connectivity index (χ0) is 13.8. The highest BCUT2D eigenvalue weighted by Crippen LogP contribution is 2.18. The molecular weight excluding hydrogens is 257 g/mol. The van der Waals surface area contributed by atoms with Gasteiger partial charge in [0.2, 0.25) is 10.0 Å². The number of nitrogens with zero attached hydrogens (tertiary/aromatic N) is 1. The first-order valence-electron chi connectivity index (χ1n) is 5.80. The monoisotopic (exact) mass is 275 g/mol. The Morgan fingerprint density at radius 2 is 2.00 bits per heavy atom. The van der Waals surface area contributed by atoms with E-state index in [1.165, 1.54) is 12.1 Å². The molecule has 0 saturated carbocycles. The van der Waals surface area contributed by atoms with Crippen LogP contribution in [0.15, 0.2) is 23.1 Å². The Hall–Kier alpha value is -0.980. The molecule has 1 rings (SSSR count). The van der Waals surface area contributed by atoms with E-state index in [1.807, 2.05) is 6.92 Å². The van der Waals surface area contributed by atoms with Crippen LogP contribution in [-0.4, -0.2) is 37.5 Å². The summed E-state index contributed by atoms with van der Waals surface area (Å²) in [5.41, 5.74) is 0.401. The summed E-state index contributed by atoms with van der Waals surface area (Å²) in [5, 5.41) is 8.89. The lowest BCUT2D eigenvalue weighted by molar-refractivity contribution is 0.253. The SMILES string of the molecule is CCCN(CCO)S(=O)(=O)c1ccc(C)c(F)c1. The van der Waals surface area contributed by atoms with Crippen LogP contribution in [0.25, 0.3) is 0 Å². The molecule has 1 aromatic carbocycles. The maximum absolute atomic E-state index is 13.4. The summed E-state index contributed by atoms with van der Waals surface area (Å²) in [6.07, 6.45) is 0.633. The predicted molar refractivity (Wildman–Crippen MR) is 67.3 cm³/mol. The van der Waals surface area contributed by atoms with Crippen LogP contribution in [0.4, 0.5) is 4.39 Å². The molecule has 0 saturated heterocycles. The molecule has 0 amide bonds. The minimum Gasteiger partial charge on any atom is -0.395 e. The van der Waals surface area contributed by atoms with Crippen molar-refractivity contribution in [2.45, 2.75) is 25.2 Å². The Labute approximate surface area is 107 Å². The topological polar surface area (TPSA) is 57.6 Å². The van der Waals surface area contributed by atoms with Crippen LogP contribution in [0.1, 0.15) is 18.9 Å². The quantitative estimate of drug-likeness (QED) is 0.856. The zero-order valence-corrected chi connectivity index (χ0v) is 11.4. The fourth-order valence-corrected chi connectivity index (χ4v) is 3.13. The second-order valence-corrected chi connectivity index (χ2v) is 5.98. The number of sulfonamides is 1. The molecule has 0 spiro atoms. The normalized spacial score (nSPS) is 12.1. The minimum atomic E-state index is -3.73. The zero-order valence-electron chi connectivity index (χ0n) is 10.6. The highest BCUT2D eigenvalue weighted by Gasteiger charge is 2.23. The van der Waals surface area contributed by atoms with E-state index in [-0.39, 0.29) is 18.0 Å². The van der Waals surface area contributed by atoms with Gasteiger partial charge < -0.3 is 5.11 Å². The lowest BCUT2D eigenvalue weighted by Gasteiger charge is -2.20. The van der Waals surface area contributed by atoms with Crippen LogP contribution < -0.4 is 0 Å². The van der Waals surface area contributed by atoms with Gasteiger partial charge in [0.05, 0.1) is 11.5 Å². The third-order valence-corrected chi connectivity index (χ3v) is 4.50. The van der Waals surface area contributed by atoms with Crippen molar-refractivity contribution in [1.82, 2.24) is 4.31 Å². The van der Waals surface area contributed by atoms with E-state index in [0.29, 0.717) is 18.5 Å². The molecule has 0 aromatic heterocycles. The average molecular weight is 275 g/mol. The van der Waals surface area contributed by atoms with E-state index in [0.717, 1.165) is 10.4 Å². The molecule has 6 heteroatoms. The van der Waals surface area contributed by atoms with Crippen molar-refractivity contribution in [2.24, 2.45) is 0 Å². The van der Waals surface area contributed by atoms with Gasteiger partial charge in [-0.15, -0.1) is 0 Å². The van der Waals surface area contributed by atoms with Gasteiger partial charge in [-0.25, -0.2) is 12.8 Å². The average Bonchev–Trinajstić information content (AvgIpc) is 2.32. The molecule has 0 atom stereocenters. The Morgan fingerprint density at radius 3 is 2.50 bits per heavy atom. The third-order valence-electron chi connectivity index (χ3n) is 2.60. The maximum atomic E-state index is 13.4. The number of aliphatic hydroxyl groups excluding tert-OH is 1. The maximum Gasteiger partial charge on any atom is 0.243 e. The predicted octanol–water partition coefficient (Wildman–Crippen LogP) is 1.53. The van der Waals surface area contributed by atoms with Crippen molar-refractivity contribution >= 4 is 10.0 Å². The summed E-state index contributed by atoms with van der Waals surface area (Å²) < 4.78 is 39.0. The van der Waals surface area contributed by atoms with Crippen LogP contribution in [0.5, 0.6) is 0 Å². The molecule has 0 aliphatic heterocycles. The lowest BCUT2D eigenvalue weighted by Crippen LogP contribution is -2.34. The molecule has 1 aromatic rings. The smallest absolute Gasteiger partial charge is 0.243 e. The van der Waals surface area contributed by atoms with Gasteiger partial charge >= 0.3 is 0 Å². The molecule has 0 bridgehead atoms. The van der Waals surface area contributed by atoms with Crippen molar-refractivity contribution in [1.29, 1.82) is 0 Å². The molecule has 0 heterocycles. The number of hydrogen-bond donors (Lipinski definition) is 1. The standard InChI is InChI=1S/C12H18FNO3S/c1-3-6-14(7-8-15)18(16,17)11-5-4-10(2)12(13)9-11/h4-5,9,15H,3,6-8H2,1-2H3. The van der Waals surface area contributed by atoms with Crippen LogP contribution in [0.2, 0.25) is 0 Å². The summed E-state index contributed by atoms with van der Waals surface area (Å²) >= 11 is 0. The molecule has 0 fully saturated rings. The number of hydrogen-bond acceptors (Lipinski definition) is 3. The van der Waals surface area contributed by atoms with Gasteiger partial charge in [0.1, 0.15) is 5.82 Å². The third kappa shape index (κ3) is 3.28. The molecule has 0 radical (unpaired) electrons. The number of rotatable bonds is 6. The fourth-order valence-electron chi connectivity index (χ4n) is 1.60. The summed E-state index contributed by atoms with van der Waals surface area (Å²) in [6, 6.07) is 3.84. The second kappa shape index (κ2) is 6.26. The van der Waals surface area contributed by atoms with E-state index in [9.17, 15) is 12.8 Å². The summed E-state index contributed by atoms with van der Waals surface area (Å²) in [4.78, 5) is -0.0764. The first-order chi connectivity index (χ1) is 8.43.